The van der Waals surface area contributed by atoms with Gasteiger partial charge in [0, 0.05) is 56.3 Å². The van der Waals surface area contributed by atoms with Crippen LogP contribution in [0.25, 0.3) is 0 Å². The number of halogens is 1. The van der Waals surface area contributed by atoms with E-state index in [9.17, 15) is 9.18 Å². The third kappa shape index (κ3) is 5.14. The van der Waals surface area contributed by atoms with Crippen LogP contribution in [0.15, 0.2) is 0 Å². The first-order valence-corrected chi connectivity index (χ1v) is 14.6. The number of hydrogen-bond acceptors (Lipinski definition) is 7. The van der Waals surface area contributed by atoms with Crippen molar-refractivity contribution in [2.75, 3.05) is 32.8 Å². The molecule has 0 aromatic rings. The topological polar surface area (TPSA) is 74.9 Å². The lowest BCUT2D eigenvalue weighted by Crippen LogP contribution is -2.73. The van der Waals surface area contributed by atoms with Crippen LogP contribution < -0.4 is 21.5 Å². The smallest absolute Gasteiger partial charge is 0.225 e. The number of carbonyl (C=O) groups excluding carboxylic acids is 1. The van der Waals surface area contributed by atoms with E-state index in [0.717, 1.165) is 77.8 Å². The van der Waals surface area contributed by atoms with Crippen molar-refractivity contribution in [1.29, 1.82) is 0 Å². The van der Waals surface area contributed by atoms with Crippen molar-refractivity contribution >= 4 is 5.91 Å². The van der Waals surface area contributed by atoms with E-state index < -0.39 is 6.17 Å². The molecule has 0 aromatic heterocycles. The van der Waals surface area contributed by atoms with Crippen LogP contribution in [0.3, 0.4) is 0 Å². The SMILES string of the molecule is O=C(C1CCCC(NC2NC3CCCCC3N3CNNC23)C1)N1CCN(C2CCCCC2F)CC1. The Morgan fingerprint density at radius 2 is 1.63 bits per heavy atom. The highest BCUT2D eigenvalue weighted by molar-refractivity contribution is 5.79. The Morgan fingerprint density at radius 3 is 2.46 bits per heavy atom. The fourth-order valence-electron chi connectivity index (χ4n) is 8.01. The van der Waals surface area contributed by atoms with Crippen molar-refractivity contribution in [1.82, 2.24) is 36.2 Å². The van der Waals surface area contributed by atoms with E-state index in [2.05, 4.69) is 36.2 Å². The molecule has 6 aliphatic rings. The van der Waals surface area contributed by atoms with Crippen LogP contribution in [0, 0.1) is 5.92 Å². The maximum absolute atomic E-state index is 14.4. The van der Waals surface area contributed by atoms with E-state index in [1.807, 2.05) is 0 Å². The van der Waals surface area contributed by atoms with Gasteiger partial charge in [-0.1, -0.05) is 32.1 Å². The van der Waals surface area contributed by atoms with Crippen molar-refractivity contribution in [2.24, 2.45) is 5.92 Å². The van der Waals surface area contributed by atoms with Gasteiger partial charge in [-0.25, -0.2) is 15.2 Å². The first-order chi connectivity index (χ1) is 17.2. The van der Waals surface area contributed by atoms with Gasteiger partial charge in [0.15, 0.2) is 0 Å². The molecule has 1 amide bonds. The second kappa shape index (κ2) is 10.9. The number of piperazine rings is 2. The highest BCUT2D eigenvalue weighted by Gasteiger charge is 2.46. The minimum absolute atomic E-state index is 0.0780. The first kappa shape index (κ1) is 24.5. The average Bonchev–Trinajstić information content (AvgIpc) is 3.40. The number of fused-ring (bicyclic) bond motifs is 3. The van der Waals surface area contributed by atoms with Crippen molar-refractivity contribution in [3.05, 3.63) is 0 Å². The molecule has 8 nitrogen and oxygen atoms in total. The summed E-state index contributed by atoms with van der Waals surface area (Å²) in [7, 11) is 0. The number of amides is 1. The molecule has 3 aliphatic carbocycles. The number of rotatable bonds is 4. The maximum Gasteiger partial charge on any atom is 0.225 e. The molecule has 3 heterocycles. The van der Waals surface area contributed by atoms with E-state index >= 15 is 0 Å². The molecule has 3 saturated carbocycles. The molecule has 198 valence electrons. The zero-order valence-corrected chi connectivity index (χ0v) is 21.3. The minimum atomic E-state index is -0.686. The van der Waals surface area contributed by atoms with Gasteiger partial charge in [0.25, 0.3) is 0 Å². The molecular weight excluding hydrogens is 445 g/mol. The Kier molecular flexibility index (Phi) is 7.61. The number of nitrogens with zero attached hydrogens (tertiary/aromatic N) is 3. The van der Waals surface area contributed by atoms with Crippen LogP contribution in [-0.4, -0.2) is 96.1 Å². The van der Waals surface area contributed by atoms with E-state index in [-0.39, 0.29) is 24.3 Å². The van der Waals surface area contributed by atoms with Crippen molar-refractivity contribution in [2.45, 2.75) is 120 Å². The van der Waals surface area contributed by atoms with Crippen LogP contribution in [0.2, 0.25) is 0 Å². The third-order valence-electron chi connectivity index (χ3n) is 9.91. The van der Waals surface area contributed by atoms with Crippen LogP contribution in [-0.2, 0) is 4.79 Å². The molecule has 6 rings (SSSR count). The summed E-state index contributed by atoms with van der Waals surface area (Å²) >= 11 is 0. The number of hydrazine groups is 1. The van der Waals surface area contributed by atoms with Crippen LogP contribution in [0.1, 0.15) is 77.0 Å². The molecule has 35 heavy (non-hydrogen) atoms. The van der Waals surface area contributed by atoms with Gasteiger partial charge in [0.05, 0.1) is 12.8 Å². The molecule has 0 radical (unpaired) electrons. The lowest BCUT2D eigenvalue weighted by Gasteiger charge is -2.50. The van der Waals surface area contributed by atoms with Gasteiger partial charge in [-0.2, -0.15) is 0 Å². The largest absolute Gasteiger partial charge is 0.340 e. The first-order valence-electron chi connectivity index (χ1n) is 14.6. The fourth-order valence-corrected chi connectivity index (χ4v) is 8.01. The zero-order chi connectivity index (χ0) is 23.8. The Bertz CT molecular complexity index is 734. The van der Waals surface area contributed by atoms with Crippen LogP contribution in [0.5, 0.6) is 0 Å². The normalized spacial score (nSPS) is 43.5. The molecule has 0 bridgehead atoms. The summed E-state index contributed by atoms with van der Waals surface area (Å²) in [6.07, 6.45) is 13.0. The maximum atomic E-state index is 14.4. The molecule has 3 saturated heterocycles. The van der Waals surface area contributed by atoms with Gasteiger partial charge in [-0.15, -0.1) is 0 Å². The molecular formula is C26H46FN7O. The summed E-state index contributed by atoms with van der Waals surface area (Å²) in [5, 5.41) is 7.86. The van der Waals surface area contributed by atoms with Crippen molar-refractivity contribution in [3.63, 3.8) is 0 Å². The monoisotopic (exact) mass is 491 g/mol. The number of alkyl halides is 1. The van der Waals surface area contributed by atoms with Gasteiger partial charge in [-0.3, -0.25) is 25.2 Å². The quantitative estimate of drug-likeness (QED) is 0.475. The molecule has 0 spiro atoms. The molecule has 4 N–H and O–H groups in total. The molecule has 6 fully saturated rings. The van der Waals surface area contributed by atoms with Gasteiger partial charge >= 0.3 is 0 Å². The summed E-state index contributed by atoms with van der Waals surface area (Å²) in [5.74, 6) is 0.455. The minimum Gasteiger partial charge on any atom is -0.340 e. The van der Waals surface area contributed by atoms with E-state index in [1.54, 1.807) is 0 Å². The summed E-state index contributed by atoms with van der Waals surface area (Å²) in [6, 6.07) is 1.63. The third-order valence-corrected chi connectivity index (χ3v) is 9.91. The summed E-state index contributed by atoms with van der Waals surface area (Å²) in [5.41, 5.74) is 6.87. The highest BCUT2D eigenvalue weighted by Crippen LogP contribution is 2.32. The predicted octanol–water partition coefficient (Wildman–Crippen LogP) is 1.49. The summed E-state index contributed by atoms with van der Waals surface area (Å²) < 4.78 is 14.4. The van der Waals surface area contributed by atoms with Crippen molar-refractivity contribution in [3.8, 4) is 0 Å². The van der Waals surface area contributed by atoms with Crippen molar-refractivity contribution < 1.29 is 9.18 Å². The lowest BCUT2D eigenvalue weighted by atomic mass is 9.83. The Morgan fingerprint density at radius 1 is 0.857 bits per heavy atom. The predicted molar refractivity (Wildman–Crippen MR) is 134 cm³/mol. The summed E-state index contributed by atoms with van der Waals surface area (Å²) in [6.45, 7) is 4.09. The molecule has 3 aliphatic heterocycles. The highest BCUT2D eigenvalue weighted by atomic mass is 19.1. The van der Waals surface area contributed by atoms with Crippen LogP contribution >= 0.6 is 0 Å². The average molecular weight is 492 g/mol. The number of hydrogen-bond donors (Lipinski definition) is 4. The fraction of sp³-hybridized carbons (Fsp3) is 0.962. The van der Waals surface area contributed by atoms with Gasteiger partial charge in [-0.05, 0) is 44.9 Å². The molecule has 8 unspecified atom stereocenters. The van der Waals surface area contributed by atoms with E-state index in [0.29, 0.717) is 30.5 Å². The Hall–Kier alpha value is -0.840. The summed E-state index contributed by atoms with van der Waals surface area (Å²) in [4.78, 5) is 20.5. The van der Waals surface area contributed by atoms with Crippen LogP contribution in [0.4, 0.5) is 4.39 Å². The molecule has 0 aromatic carbocycles. The molecule has 8 atom stereocenters. The van der Waals surface area contributed by atoms with Gasteiger partial charge in [0.1, 0.15) is 12.3 Å². The van der Waals surface area contributed by atoms with Gasteiger partial charge in [0.2, 0.25) is 5.91 Å². The zero-order valence-electron chi connectivity index (χ0n) is 21.3. The molecule has 9 heteroatoms. The second-order valence-electron chi connectivity index (χ2n) is 12.0. The second-order valence-corrected chi connectivity index (χ2v) is 12.0. The standard InChI is InChI=1S/C26H46FN7O/c27-20-8-1-3-10-22(20)32-12-14-33(15-13-32)26(35)18-6-5-7-19(16-18)29-24-25-31-28-17-34(25)23-11-4-2-9-21(23)30-24/h18-25,28-31H,1-17H2. The van der Waals surface area contributed by atoms with Gasteiger partial charge < -0.3 is 4.90 Å². The van der Waals surface area contributed by atoms with E-state index in [1.165, 1.54) is 25.7 Å². The Labute approximate surface area is 210 Å². The number of carbonyl (C=O) groups is 1. The van der Waals surface area contributed by atoms with E-state index in [4.69, 9.17) is 0 Å². The Balaban J connectivity index is 1.02. The lowest BCUT2D eigenvalue weighted by molar-refractivity contribution is -0.139. The number of nitrogens with one attached hydrogen (secondary N) is 4.